The third kappa shape index (κ3) is 7.63. The predicted octanol–water partition coefficient (Wildman–Crippen LogP) is 3.07. The number of benzene rings is 4. The largest absolute Gasteiger partial charge is 0.507 e. The SMILES string of the molecule is O=C(O)c1c(O)ccc(O)c1C(=O)Nc1ccc(/C=C/c2ccc(NC(=O)c3c(O)ccc(O)c3C(=O)O)cc2S(=O)(=O)O)c(S(=O)(=O)O)c1. The van der Waals surface area contributed by atoms with Gasteiger partial charge in [0.05, 0.1) is 11.1 Å². The molecule has 50 heavy (non-hydrogen) atoms. The minimum absolute atomic E-state index is 0.309. The molecule has 0 unspecified atom stereocenters. The van der Waals surface area contributed by atoms with E-state index in [1.54, 1.807) is 0 Å². The number of phenols is 4. The third-order valence-corrected chi connectivity index (χ3v) is 8.56. The lowest BCUT2D eigenvalue weighted by Gasteiger charge is -2.13. The summed E-state index contributed by atoms with van der Waals surface area (Å²) in [6.07, 6.45) is 1.95. The highest BCUT2D eigenvalue weighted by atomic mass is 32.2. The summed E-state index contributed by atoms with van der Waals surface area (Å²) < 4.78 is 68.6. The van der Waals surface area contributed by atoms with Crippen LogP contribution in [0.25, 0.3) is 12.2 Å². The lowest BCUT2D eigenvalue weighted by molar-refractivity contribution is 0.0679. The van der Waals surface area contributed by atoms with Gasteiger partial charge < -0.3 is 41.3 Å². The molecule has 0 heterocycles. The van der Waals surface area contributed by atoms with E-state index in [2.05, 4.69) is 10.6 Å². The molecule has 4 aromatic carbocycles. The predicted molar refractivity (Wildman–Crippen MR) is 171 cm³/mol. The molecule has 0 bridgehead atoms. The smallest absolute Gasteiger partial charge is 0.340 e. The van der Waals surface area contributed by atoms with Crippen LogP contribution in [-0.2, 0) is 20.2 Å². The van der Waals surface area contributed by atoms with E-state index in [-0.39, 0.29) is 22.5 Å². The monoisotopic (exact) mass is 730 g/mol. The molecule has 4 aromatic rings. The molecular formula is C30H22N2O16S2. The molecule has 0 aliphatic carbocycles. The Morgan fingerprint density at radius 2 is 0.800 bits per heavy atom. The van der Waals surface area contributed by atoms with Crippen molar-refractivity contribution < 1.29 is 75.8 Å². The number of carboxylic acid groups (broad SMARTS) is 2. The zero-order chi connectivity index (χ0) is 37.3. The van der Waals surface area contributed by atoms with Crippen molar-refractivity contribution in [3.05, 3.63) is 94.0 Å². The number of aromatic hydroxyl groups is 4. The lowest BCUT2D eigenvalue weighted by atomic mass is 10.0. The Bertz CT molecular complexity index is 2200. The molecule has 0 radical (unpaired) electrons. The van der Waals surface area contributed by atoms with Crippen molar-refractivity contribution in [3.63, 3.8) is 0 Å². The summed E-state index contributed by atoms with van der Waals surface area (Å²) in [6.45, 7) is 0. The van der Waals surface area contributed by atoms with Gasteiger partial charge in [-0.25, -0.2) is 9.59 Å². The Morgan fingerprint density at radius 1 is 0.500 bits per heavy atom. The summed E-state index contributed by atoms with van der Waals surface area (Å²) in [5, 5.41) is 62.8. The molecular weight excluding hydrogens is 708 g/mol. The van der Waals surface area contributed by atoms with E-state index in [1.165, 1.54) is 0 Å². The second-order valence-electron chi connectivity index (χ2n) is 10.0. The van der Waals surface area contributed by atoms with Gasteiger partial charge in [0.2, 0.25) is 0 Å². The number of phenolic OH excluding ortho intramolecular Hbond substituents is 2. The fourth-order valence-electron chi connectivity index (χ4n) is 4.57. The Balaban J connectivity index is 1.70. The minimum Gasteiger partial charge on any atom is -0.507 e. The lowest BCUT2D eigenvalue weighted by Crippen LogP contribution is -2.17. The molecule has 0 saturated carbocycles. The quantitative estimate of drug-likeness (QED) is 0.0636. The number of hydrogen-bond acceptors (Lipinski definition) is 12. The molecule has 0 atom stereocenters. The number of carboxylic acids is 2. The van der Waals surface area contributed by atoms with Crippen molar-refractivity contribution in [3.8, 4) is 23.0 Å². The highest BCUT2D eigenvalue weighted by Gasteiger charge is 2.27. The fourth-order valence-corrected chi connectivity index (χ4v) is 5.99. The summed E-state index contributed by atoms with van der Waals surface area (Å²) >= 11 is 0. The van der Waals surface area contributed by atoms with E-state index in [9.17, 15) is 75.8 Å². The summed E-state index contributed by atoms with van der Waals surface area (Å²) in [5.41, 5.74) is -4.96. The molecule has 0 saturated heterocycles. The number of nitrogens with one attached hydrogen (secondary N) is 2. The molecule has 260 valence electrons. The van der Waals surface area contributed by atoms with Gasteiger partial charge in [0.1, 0.15) is 43.9 Å². The van der Waals surface area contributed by atoms with Crippen LogP contribution < -0.4 is 10.6 Å². The zero-order valence-electron chi connectivity index (χ0n) is 24.6. The summed E-state index contributed by atoms with van der Waals surface area (Å²) in [5.74, 6) is -9.52. The van der Waals surface area contributed by atoms with Crippen LogP contribution in [-0.4, -0.2) is 80.3 Å². The second-order valence-corrected chi connectivity index (χ2v) is 12.8. The van der Waals surface area contributed by atoms with Crippen molar-refractivity contribution in [2.24, 2.45) is 0 Å². The van der Waals surface area contributed by atoms with E-state index >= 15 is 0 Å². The van der Waals surface area contributed by atoms with Crippen LogP contribution in [0, 0.1) is 0 Å². The van der Waals surface area contributed by atoms with E-state index in [0.717, 1.165) is 72.8 Å². The number of carbonyl (C=O) groups is 4. The average Bonchev–Trinajstić information content (AvgIpc) is 3.01. The number of rotatable bonds is 10. The van der Waals surface area contributed by atoms with Gasteiger partial charge in [-0.1, -0.05) is 24.3 Å². The van der Waals surface area contributed by atoms with Crippen LogP contribution in [0.1, 0.15) is 52.6 Å². The maximum absolute atomic E-state index is 12.8. The number of amides is 2. The third-order valence-electron chi connectivity index (χ3n) is 6.75. The number of anilines is 2. The molecule has 10 N–H and O–H groups in total. The average molecular weight is 731 g/mol. The van der Waals surface area contributed by atoms with Crippen molar-refractivity contribution in [2.45, 2.75) is 9.79 Å². The molecule has 0 aliphatic rings. The van der Waals surface area contributed by atoms with Gasteiger partial charge in [-0.05, 0) is 59.7 Å². The number of carbonyl (C=O) groups excluding carboxylic acids is 2. The van der Waals surface area contributed by atoms with E-state index < -0.39 is 99.0 Å². The molecule has 4 rings (SSSR count). The maximum atomic E-state index is 12.8. The Kier molecular flexibility index (Phi) is 9.86. The van der Waals surface area contributed by atoms with Gasteiger partial charge >= 0.3 is 11.9 Å². The van der Waals surface area contributed by atoms with Crippen molar-refractivity contribution in [1.29, 1.82) is 0 Å². The van der Waals surface area contributed by atoms with Gasteiger partial charge in [0.25, 0.3) is 32.1 Å². The van der Waals surface area contributed by atoms with Crippen LogP contribution in [0.2, 0.25) is 0 Å². The molecule has 2 amide bonds. The standard InChI is InChI=1S/C30H22N2O16S2/c33-17-7-9-19(35)25(29(39)40)23(17)27(37)31-15-5-3-13(21(11-15)49(43,44)45)1-2-14-4-6-16(12-22(14)50(46,47)48)32-28(38)24-18(34)8-10-20(36)26(24)30(41)42/h1-12,33-36H,(H,31,37)(H,32,38)(H,39,40)(H,41,42)(H,43,44,45)(H,46,47,48)/b2-1+. The van der Waals surface area contributed by atoms with Gasteiger partial charge in [-0.2, -0.15) is 16.8 Å². The highest BCUT2D eigenvalue weighted by molar-refractivity contribution is 7.86. The van der Waals surface area contributed by atoms with Crippen LogP contribution in [0.5, 0.6) is 23.0 Å². The minimum atomic E-state index is -5.08. The molecule has 18 nitrogen and oxygen atoms in total. The topological polar surface area (TPSA) is 322 Å². The molecule has 0 spiro atoms. The molecule has 0 fully saturated rings. The normalized spacial score (nSPS) is 11.6. The van der Waals surface area contributed by atoms with Crippen LogP contribution in [0.3, 0.4) is 0 Å². The van der Waals surface area contributed by atoms with Crippen molar-refractivity contribution in [1.82, 2.24) is 0 Å². The molecule has 0 aliphatic heterocycles. The van der Waals surface area contributed by atoms with Gasteiger partial charge in [-0.15, -0.1) is 0 Å². The first-order chi connectivity index (χ1) is 23.2. The van der Waals surface area contributed by atoms with Gasteiger partial charge in [-0.3, -0.25) is 18.7 Å². The first-order valence-corrected chi connectivity index (χ1v) is 16.2. The van der Waals surface area contributed by atoms with Gasteiger partial charge in [0, 0.05) is 11.4 Å². The van der Waals surface area contributed by atoms with E-state index in [1.807, 2.05) is 0 Å². The molecule has 20 heteroatoms. The summed E-state index contributed by atoms with van der Waals surface area (Å²) in [7, 11) is -10.2. The Labute approximate surface area is 280 Å². The Morgan fingerprint density at radius 3 is 1.08 bits per heavy atom. The Hall–Kier alpha value is -6.48. The summed E-state index contributed by atoms with van der Waals surface area (Å²) in [4.78, 5) is 47.1. The number of hydrogen-bond donors (Lipinski definition) is 10. The van der Waals surface area contributed by atoms with Crippen LogP contribution >= 0.6 is 0 Å². The summed E-state index contributed by atoms with van der Waals surface area (Å²) in [6, 6.07) is 9.00. The second kappa shape index (κ2) is 13.6. The van der Waals surface area contributed by atoms with E-state index in [4.69, 9.17) is 0 Å². The van der Waals surface area contributed by atoms with Crippen molar-refractivity contribution in [2.75, 3.05) is 10.6 Å². The van der Waals surface area contributed by atoms with E-state index in [0.29, 0.717) is 0 Å². The first-order valence-electron chi connectivity index (χ1n) is 13.3. The van der Waals surface area contributed by atoms with Gasteiger partial charge in [0.15, 0.2) is 0 Å². The first kappa shape index (κ1) is 36.4. The maximum Gasteiger partial charge on any atom is 0.340 e. The van der Waals surface area contributed by atoms with Crippen LogP contribution in [0.4, 0.5) is 11.4 Å². The molecule has 0 aromatic heterocycles. The van der Waals surface area contributed by atoms with Crippen LogP contribution in [0.15, 0.2) is 70.5 Å². The van der Waals surface area contributed by atoms with Crippen molar-refractivity contribution >= 4 is 67.5 Å². The highest BCUT2D eigenvalue weighted by Crippen LogP contribution is 2.33. The number of aromatic carboxylic acids is 2. The fraction of sp³-hybridized carbons (Fsp3) is 0. The zero-order valence-corrected chi connectivity index (χ0v) is 26.2.